The molecule has 0 aliphatic heterocycles. The monoisotopic (exact) mass is 193 g/mol. The standard InChI is InChI=1S/C7H15NO5/c1-4(10)6(12)7(13)8-2-5(11)3-9/h4-6,9-12H,2-3H2,1H3,(H,8,13)/t4-,5-,6+/m1/s1. The first-order valence-electron chi connectivity index (χ1n) is 3.91. The second kappa shape index (κ2) is 5.87. The van der Waals surface area contributed by atoms with E-state index in [1.165, 1.54) is 6.92 Å². The Bertz CT molecular complexity index is 161. The van der Waals surface area contributed by atoms with Crippen molar-refractivity contribution in [3.05, 3.63) is 0 Å². The molecule has 6 heteroatoms. The van der Waals surface area contributed by atoms with Gasteiger partial charge in [-0.1, -0.05) is 0 Å². The summed E-state index contributed by atoms with van der Waals surface area (Å²) in [5.74, 6) is -0.775. The van der Waals surface area contributed by atoms with Gasteiger partial charge in [0.05, 0.1) is 18.8 Å². The van der Waals surface area contributed by atoms with Crippen molar-refractivity contribution in [2.45, 2.75) is 25.2 Å². The summed E-state index contributed by atoms with van der Waals surface area (Å²) >= 11 is 0. The maximum Gasteiger partial charge on any atom is 0.251 e. The minimum atomic E-state index is -1.51. The SMILES string of the molecule is C[C@@H](O)[C@H](O)C(=O)NC[C@@H](O)CO. The zero-order chi connectivity index (χ0) is 10.4. The molecule has 0 bridgehead atoms. The molecule has 6 nitrogen and oxygen atoms in total. The van der Waals surface area contributed by atoms with Crippen LogP contribution in [0.25, 0.3) is 0 Å². The van der Waals surface area contributed by atoms with Crippen LogP contribution in [0.1, 0.15) is 6.92 Å². The highest BCUT2D eigenvalue weighted by molar-refractivity contribution is 5.81. The lowest BCUT2D eigenvalue weighted by Crippen LogP contribution is -2.44. The highest BCUT2D eigenvalue weighted by Gasteiger charge is 2.20. The number of rotatable bonds is 5. The van der Waals surface area contributed by atoms with Gasteiger partial charge in [0.1, 0.15) is 0 Å². The number of carbonyl (C=O) groups excluding carboxylic acids is 1. The largest absolute Gasteiger partial charge is 0.394 e. The summed E-state index contributed by atoms with van der Waals surface area (Å²) < 4.78 is 0. The quantitative estimate of drug-likeness (QED) is 0.324. The molecule has 0 aliphatic carbocycles. The second-order valence-corrected chi connectivity index (χ2v) is 2.77. The summed E-state index contributed by atoms with van der Waals surface area (Å²) in [5.41, 5.74) is 0. The number of hydrogen-bond acceptors (Lipinski definition) is 5. The molecule has 0 spiro atoms. The van der Waals surface area contributed by atoms with Crippen molar-refractivity contribution >= 4 is 5.91 Å². The van der Waals surface area contributed by atoms with Gasteiger partial charge in [0, 0.05) is 6.54 Å². The van der Waals surface area contributed by atoms with E-state index >= 15 is 0 Å². The second-order valence-electron chi connectivity index (χ2n) is 2.77. The minimum Gasteiger partial charge on any atom is -0.394 e. The third kappa shape index (κ3) is 4.79. The van der Waals surface area contributed by atoms with Crippen molar-refractivity contribution in [3.8, 4) is 0 Å². The average molecular weight is 193 g/mol. The molecule has 0 heterocycles. The predicted octanol–water partition coefficient (Wildman–Crippen LogP) is -2.80. The van der Waals surface area contributed by atoms with Crippen LogP contribution >= 0.6 is 0 Å². The first-order chi connectivity index (χ1) is 5.99. The Morgan fingerprint density at radius 3 is 2.31 bits per heavy atom. The van der Waals surface area contributed by atoms with Crippen LogP contribution in [0.3, 0.4) is 0 Å². The van der Waals surface area contributed by atoms with E-state index in [0.29, 0.717) is 0 Å². The Hall–Kier alpha value is -0.690. The molecule has 0 fully saturated rings. The van der Waals surface area contributed by atoms with Crippen LogP contribution in [0, 0.1) is 0 Å². The number of aliphatic hydroxyl groups excluding tert-OH is 4. The highest BCUT2D eigenvalue weighted by atomic mass is 16.3. The fraction of sp³-hybridized carbons (Fsp3) is 0.857. The zero-order valence-corrected chi connectivity index (χ0v) is 7.34. The molecule has 0 saturated heterocycles. The fourth-order valence-electron chi connectivity index (χ4n) is 0.607. The van der Waals surface area contributed by atoms with Gasteiger partial charge >= 0.3 is 0 Å². The normalized spacial score (nSPS) is 17.6. The maximum atomic E-state index is 10.9. The molecule has 3 atom stereocenters. The zero-order valence-electron chi connectivity index (χ0n) is 7.34. The van der Waals surface area contributed by atoms with Gasteiger partial charge in [-0.2, -0.15) is 0 Å². The lowest BCUT2D eigenvalue weighted by molar-refractivity contribution is -0.134. The third-order valence-corrected chi connectivity index (χ3v) is 1.45. The van der Waals surface area contributed by atoms with Crippen LogP contribution in [-0.2, 0) is 4.79 Å². The third-order valence-electron chi connectivity index (χ3n) is 1.45. The molecule has 5 N–H and O–H groups in total. The molecule has 0 aliphatic rings. The number of nitrogens with one attached hydrogen (secondary N) is 1. The molecule has 78 valence electrons. The van der Waals surface area contributed by atoms with Crippen molar-refractivity contribution in [2.75, 3.05) is 13.2 Å². The number of carbonyl (C=O) groups is 1. The van der Waals surface area contributed by atoms with E-state index in [9.17, 15) is 4.79 Å². The molecule has 1 amide bonds. The minimum absolute atomic E-state index is 0.154. The molecule has 0 aromatic heterocycles. The van der Waals surface area contributed by atoms with E-state index in [0.717, 1.165) is 0 Å². The Morgan fingerprint density at radius 1 is 1.38 bits per heavy atom. The van der Waals surface area contributed by atoms with Gasteiger partial charge in [-0.25, -0.2) is 0 Å². The fourth-order valence-corrected chi connectivity index (χ4v) is 0.607. The molecule has 0 aromatic rings. The van der Waals surface area contributed by atoms with E-state index in [1.807, 2.05) is 0 Å². The van der Waals surface area contributed by atoms with Gasteiger partial charge < -0.3 is 25.7 Å². The molecule has 0 radical (unpaired) electrons. The van der Waals surface area contributed by atoms with Crippen LogP contribution in [0.5, 0.6) is 0 Å². The molecule has 0 rings (SSSR count). The van der Waals surface area contributed by atoms with Crippen LogP contribution in [0.4, 0.5) is 0 Å². The highest BCUT2D eigenvalue weighted by Crippen LogP contribution is 1.91. The maximum absolute atomic E-state index is 10.9. The number of hydrogen-bond donors (Lipinski definition) is 5. The van der Waals surface area contributed by atoms with Crippen molar-refractivity contribution in [1.82, 2.24) is 5.32 Å². The molecular formula is C7H15NO5. The Morgan fingerprint density at radius 2 is 1.92 bits per heavy atom. The topological polar surface area (TPSA) is 110 Å². The first-order valence-corrected chi connectivity index (χ1v) is 3.91. The van der Waals surface area contributed by atoms with Gasteiger partial charge in [-0.3, -0.25) is 4.79 Å². The van der Waals surface area contributed by atoms with E-state index in [4.69, 9.17) is 20.4 Å². The summed E-state index contributed by atoms with van der Waals surface area (Å²) in [7, 11) is 0. The van der Waals surface area contributed by atoms with Crippen molar-refractivity contribution in [3.63, 3.8) is 0 Å². The van der Waals surface area contributed by atoms with Crippen LogP contribution in [-0.4, -0.2) is 57.8 Å². The van der Waals surface area contributed by atoms with Crippen LogP contribution in [0.15, 0.2) is 0 Å². The van der Waals surface area contributed by atoms with Crippen LogP contribution < -0.4 is 5.32 Å². The Balaban J connectivity index is 3.74. The van der Waals surface area contributed by atoms with Crippen molar-refractivity contribution in [1.29, 1.82) is 0 Å². The van der Waals surface area contributed by atoms with E-state index in [1.54, 1.807) is 0 Å². The van der Waals surface area contributed by atoms with E-state index in [2.05, 4.69) is 5.32 Å². The molecular weight excluding hydrogens is 178 g/mol. The molecule has 0 saturated carbocycles. The van der Waals surface area contributed by atoms with Gasteiger partial charge in [0.15, 0.2) is 6.10 Å². The average Bonchev–Trinajstić information content (AvgIpc) is 2.11. The van der Waals surface area contributed by atoms with Gasteiger partial charge in [0.2, 0.25) is 0 Å². The van der Waals surface area contributed by atoms with E-state index in [-0.39, 0.29) is 6.54 Å². The summed E-state index contributed by atoms with van der Waals surface area (Å²) in [6.45, 7) is 0.650. The number of amides is 1. The van der Waals surface area contributed by atoms with Crippen LogP contribution in [0.2, 0.25) is 0 Å². The molecule has 13 heavy (non-hydrogen) atoms. The van der Waals surface area contributed by atoms with Crippen molar-refractivity contribution < 1.29 is 25.2 Å². The van der Waals surface area contributed by atoms with Crippen molar-refractivity contribution in [2.24, 2.45) is 0 Å². The summed E-state index contributed by atoms with van der Waals surface area (Å²) in [6.07, 6.45) is -3.72. The first kappa shape index (κ1) is 12.3. The predicted molar refractivity (Wildman–Crippen MR) is 43.8 cm³/mol. The van der Waals surface area contributed by atoms with Gasteiger partial charge in [0.25, 0.3) is 5.91 Å². The van der Waals surface area contributed by atoms with Gasteiger partial charge in [-0.05, 0) is 6.92 Å². The molecule has 0 unspecified atom stereocenters. The summed E-state index contributed by atoms with van der Waals surface area (Å²) in [4.78, 5) is 10.9. The Kier molecular flexibility index (Phi) is 5.56. The summed E-state index contributed by atoms with van der Waals surface area (Å²) in [6, 6.07) is 0. The smallest absolute Gasteiger partial charge is 0.251 e. The van der Waals surface area contributed by atoms with Gasteiger partial charge in [-0.15, -0.1) is 0 Å². The lowest BCUT2D eigenvalue weighted by Gasteiger charge is -2.14. The summed E-state index contributed by atoms with van der Waals surface area (Å²) in [5, 5.41) is 37.1. The Labute approximate surface area is 75.8 Å². The molecule has 0 aromatic carbocycles. The number of aliphatic hydroxyl groups is 4. The van der Waals surface area contributed by atoms with E-state index < -0.39 is 30.8 Å². The lowest BCUT2D eigenvalue weighted by atomic mass is 10.2.